The van der Waals surface area contributed by atoms with Crippen molar-refractivity contribution in [3.63, 3.8) is 0 Å². The summed E-state index contributed by atoms with van der Waals surface area (Å²) in [5, 5.41) is 2.61. The highest BCUT2D eigenvalue weighted by Crippen LogP contribution is 2.00. The van der Waals surface area contributed by atoms with E-state index in [2.05, 4.69) is 5.32 Å². The average Bonchev–Trinajstić information content (AvgIpc) is 2.31. The van der Waals surface area contributed by atoms with Gasteiger partial charge in [-0.25, -0.2) is 0 Å². The summed E-state index contributed by atoms with van der Waals surface area (Å²) in [5.74, 6) is -0.151. The minimum atomic E-state index is -0.725. The Morgan fingerprint density at radius 2 is 2.06 bits per heavy atom. The third-order valence-electron chi connectivity index (χ3n) is 2.01. The minimum absolute atomic E-state index is 0.0101. The second kappa shape index (κ2) is 9.90. The highest BCUT2D eigenvalue weighted by atomic mass is 32.2. The van der Waals surface area contributed by atoms with Gasteiger partial charge in [0, 0.05) is 25.6 Å². The summed E-state index contributed by atoms with van der Waals surface area (Å²) in [7, 11) is 0. The van der Waals surface area contributed by atoms with Crippen LogP contribution in [0.4, 0.5) is 0 Å². The normalized spacial score (nSPS) is 11.7. The number of rotatable bonds is 8. The Morgan fingerprint density at radius 3 is 2.61 bits per heavy atom. The number of ether oxygens (including phenoxy) is 1. The van der Waals surface area contributed by atoms with Gasteiger partial charge in [0.05, 0.1) is 12.6 Å². The lowest BCUT2D eigenvalue weighted by atomic mass is 10.1. The van der Waals surface area contributed by atoms with Crippen LogP contribution in [0, 0.1) is 0 Å². The maximum atomic E-state index is 11.5. The van der Waals surface area contributed by atoms with Crippen LogP contribution in [-0.2, 0) is 19.1 Å². The molecule has 0 bridgehead atoms. The molecule has 7 heteroatoms. The number of thioether (sulfide) groups is 1. The number of hydrogen-bond donors (Lipinski definition) is 2. The molecule has 6 nitrogen and oxygen atoms in total. The summed E-state index contributed by atoms with van der Waals surface area (Å²) in [5.41, 5.74) is 5.61. The van der Waals surface area contributed by atoms with Crippen LogP contribution < -0.4 is 11.1 Å². The number of carbonyl (C=O) groups excluding carboxylic acids is 3. The third-order valence-corrected chi connectivity index (χ3v) is 2.82. The van der Waals surface area contributed by atoms with Gasteiger partial charge in [-0.2, -0.15) is 0 Å². The quantitative estimate of drug-likeness (QED) is 0.480. The Labute approximate surface area is 111 Å². The molecule has 1 atom stereocenters. The second-order valence-corrected chi connectivity index (χ2v) is 4.85. The van der Waals surface area contributed by atoms with Gasteiger partial charge >= 0.3 is 5.97 Å². The van der Waals surface area contributed by atoms with Gasteiger partial charge in [0.1, 0.15) is 0 Å². The van der Waals surface area contributed by atoms with E-state index in [9.17, 15) is 14.4 Å². The van der Waals surface area contributed by atoms with Crippen LogP contribution in [-0.4, -0.2) is 41.9 Å². The van der Waals surface area contributed by atoms with Crippen molar-refractivity contribution >= 4 is 28.8 Å². The Bertz CT molecular complexity index is 297. The molecule has 0 heterocycles. The summed E-state index contributed by atoms with van der Waals surface area (Å²) in [4.78, 5) is 33.2. The van der Waals surface area contributed by atoms with E-state index in [4.69, 9.17) is 10.5 Å². The fraction of sp³-hybridized carbons (Fsp3) is 0.727. The first-order valence-electron chi connectivity index (χ1n) is 5.79. The molecule has 0 aliphatic carbocycles. The topological polar surface area (TPSA) is 98.5 Å². The first-order valence-corrected chi connectivity index (χ1v) is 6.78. The standard InChI is InChI=1S/C11H20N2O4S/c1-3-17-10(15)5-4-9(12)11(16)13-6-7-18-8(2)14/h9H,3-7,12H2,1-2H3,(H,13,16). The van der Waals surface area contributed by atoms with Gasteiger partial charge in [0.2, 0.25) is 5.91 Å². The van der Waals surface area contributed by atoms with Crippen molar-refractivity contribution in [1.29, 1.82) is 0 Å². The summed E-state index contributed by atoms with van der Waals surface area (Å²) < 4.78 is 4.73. The number of esters is 1. The molecule has 0 radical (unpaired) electrons. The number of nitrogens with one attached hydrogen (secondary N) is 1. The average molecular weight is 276 g/mol. The molecule has 0 spiro atoms. The van der Waals surface area contributed by atoms with Gasteiger partial charge in [-0.15, -0.1) is 0 Å². The molecular weight excluding hydrogens is 256 g/mol. The maximum Gasteiger partial charge on any atom is 0.305 e. The SMILES string of the molecule is CCOC(=O)CCC(N)C(=O)NCCSC(C)=O. The van der Waals surface area contributed by atoms with Crippen molar-refractivity contribution < 1.29 is 19.1 Å². The Morgan fingerprint density at radius 1 is 1.39 bits per heavy atom. The van der Waals surface area contributed by atoms with Crippen molar-refractivity contribution in [2.24, 2.45) is 5.73 Å². The molecule has 0 saturated heterocycles. The van der Waals surface area contributed by atoms with Crippen molar-refractivity contribution in [3.8, 4) is 0 Å². The molecule has 0 aromatic heterocycles. The first-order chi connectivity index (χ1) is 8.47. The van der Waals surface area contributed by atoms with Crippen molar-refractivity contribution in [2.45, 2.75) is 32.7 Å². The molecule has 0 aliphatic heterocycles. The molecule has 0 aromatic rings. The van der Waals surface area contributed by atoms with Crippen LogP contribution in [0.25, 0.3) is 0 Å². The maximum absolute atomic E-state index is 11.5. The van der Waals surface area contributed by atoms with E-state index in [0.29, 0.717) is 18.9 Å². The summed E-state index contributed by atoms with van der Waals surface area (Å²) in [6.07, 6.45) is 0.384. The van der Waals surface area contributed by atoms with E-state index in [-0.39, 0.29) is 29.8 Å². The predicted molar refractivity (Wildman–Crippen MR) is 70.0 cm³/mol. The minimum Gasteiger partial charge on any atom is -0.466 e. The summed E-state index contributed by atoms with van der Waals surface area (Å²) >= 11 is 1.14. The van der Waals surface area contributed by atoms with Gasteiger partial charge in [0.25, 0.3) is 0 Å². The van der Waals surface area contributed by atoms with Crippen molar-refractivity contribution in [1.82, 2.24) is 5.32 Å². The number of carbonyl (C=O) groups is 3. The third kappa shape index (κ3) is 9.00. The number of nitrogens with two attached hydrogens (primary N) is 1. The number of amides is 1. The first kappa shape index (κ1) is 16.9. The molecule has 0 aliphatic rings. The molecule has 1 unspecified atom stereocenters. The molecule has 0 saturated carbocycles. The van der Waals surface area contributed by atoms with Crippen molar-refractivity contribution in [2.75, 3.05) is 18.9 Å². The number of hydrogen-bond acceptors (Lipinski definition) is 6. The van der Waals surface area contributed by atoms with Gasteiger partial charge < -0.3 is 15.8 Å². The van der Waals surface area contributed by atoms with E-state index >= 15 is 0 Å². The Hall–Kier alpha value is -1.08. The highest BCUT2D eigenvalue weighted by molar-refractivity contribution is 8.13. The van der Waals surface area contributed by atoms with Crippen LogP contribution in [0.3, 0.4) is 0 Å². The van der Waals surface area contributed by atoms with Gasteiger partial charge in [-0.05, 0) is 13.3 Å². The monoisotopic (exact) mass is 276 g/mol. The second-order valence-electron chi connectivity index (χ2n) is 3.58. The molecule has 3 N–H and O–H groups in total. The molecule has 104 valence electrons. The lowest BCUT2D eigenvalue weighted by molar-refractivity contribution is -0.143. The smallest absolute Gasteiger partial charge is 0.305 e. The van der Waals surface area contributed by atoms with E-state index in [1.807, 2.05) is 0 Å². The molecule has 1 amide bonds. The summed E-state index contributed by atoms with van der Waals surface area (Å²) in [6.45, 7) is 3.90. The van der Waals surface area contributed by atoms with Crippen LogP contribution in [0.5, 0.6) is 0 Å². The van der Waals surface area contributed by atoms with Crippen LogP contribution in [0.1, 0.15) is 26.7 Å². The largest absolute Gasteiger partial charge is 0.466 e. The fourth-order valence-corrected chi connectivity index (χ4v) is 1.63. The fourth-order valence-electron chi connectivity index (χ4n) is 1.14. The van der Waals surface area contributed by atoms with Gasteiger partial charge in [0.15, 0.2) is 5.12 Å². The molecule has 0 aromatic carbocycles. The molecular formula is C11H20N2O4S. The zero-order chi connectivity index (χ0) is 14.0. The zero-order valence-corrected chi connectivity index (χ0v) is 11.5. The lowest BCUT2D eigenvalue weighted by Gasteiger charge is -2.11. The zero-order valence-electron chi connectivity index (χ0n) is 10.7. The Kier molecular flexibility index (Phi) is 9.31. The van der Waals surface area contributed by atoms with Crippen LogP contribution >= 0.6 is 11.8 Å². The lowest BCUT2D eigenvalue weighted by Crippen LogP contribution is -2.41. The van der Waals surface area contributed by atoms with Crippen molar-refractivity contribution in [3.05, 3.63) is 0 Å². The van der Waals surface area contributed by atoms with E-state index in [1.54, 1.807) is 6.92 Å². The van der Waals surface area contributed by atoms with E-state index in [0.717, 1.165) is 11.8 Å². The summed E-state index contributed by atoms with van der Waals surface area (Å²) in [6, 6.07) is -0.725. The molecule has 0 rings (SSSR count). The highest BCUT2D eigenvalue weighted by Gasteiger charge is 2.14. The van der Waals surface area contributed by atoms with Gasteiger partial charge in [-0.3, -0.25) is 14.4 Å². The van der Waals surface area contributed by atoms with Crippen LogP contribution in [0.2, 0.25) is 0 Å². The Balaban J connectivity index is 3.69. The van der Waals surface area contributed by atoms with Crippen LogP contribution in [0.15, 0.2) is 0 Å². The van der Waals surface area contributed by atoms with E-state index in [1.165, 1.54) is 6.92 Å². The molecule has 0 fully saturated rings. The predicted octanol–water partition coefficient (Wildman–Crippen LogP) is 0.0529. The molecule has 18 heavy (non-hydrogen) atoms. The van der Waals surface area contributed by atoms with Gasteiger partial charge in [-0.1, -0.05) is 11.8 Å². The van der Waals surface area contributed by atoms with E-state index < -0.39 is 6.04 Å².